The molecule has 0 bridgehead atoms. The lowest BCUT2D eigenvalue weighted by molar-refractivity contribution is -0.176. The molecule has 0 aliphatic carbocycles. The Morgan fingerprint density at radius 1 is 1.25 bits per heavy atom. The molecule has 16 heavy (non-hydrogen) atoms. The molecule has 0 rings (SSSR count). The first-order valence-corrected chi connectivity index (χ1v) is 5.29. The molecule has 0 heterocycles. The van der Waals surface area contributed by atoms with Gasteiger partial charge in [-0.15, -0.1) is 0 Å². The van der Waals surface area contributed by atoms with Crippen LogP contribution in [0.4, 0.5) is 0 Å². The molecule has 0 aliphatic heterocycles. The Bertz CT molecular complexity index is 258. The van der Waals surface area contributed by atoms with Gasteiger partial charge in [-0.25, -0.2) is 4.79 Å². The maximum absolute atomic E-state index is 11.3. The van der Waals surface area contributed by atoms with E-state index in [4.69, 9.17) is 9.47 Å². The van der Waals surface area contributed by atoms with E-state index in [9.17, 15) is 9.59 Å². The van der Waals surface area contributed by atoms with Gasteiger partial charge in [0.15, 0.2) is 0 Å². The van der Waals surface area contributed by atoms with Crippen LogP contribution in [0.15, 0.2) is 25.3 Å². The molecule has 0 fully saturated rings. The van der Waals surface area contributed by atoms with Crippen molar-refractivity contribution in [3.8, 4) is 0 Å². The first kappa shape index (κ1) is 14.4. The minimum Gasteiger partial charge on any atom is -0.421 e. The molecule has 0 aliphatic rings. The zero-order valence-electron chi connectivity index (χ0n) is 9.61. The average Bonchev–Trinajstić information content (AvgIpc) is 2.28. The summed E-state index contributed by atoms with van der Waals surface area (Å²) in [7, 11) is 0. The Balaban J connectivity index is 3.92. The van der Waals surface area contributed by atoms with Crippen molar-refractivity contribution in [3.63, 3.8) is 0 Å². The second kappa shape index (κ2) is 8.71. The van der Waals surface area contributed by atoms with Crippen LogP contribution in [0.25, 0.3) is 0 Å². The molecule has 90 valence electrons. The van der Waals surface area contributed by atoms with Gasteiger partial charge in [-0.2, -0.15) is 0 Å². The zero-order chi connectivity index (χ0) is 12.4. The second-order valence-electron chi connectivity index (χ2n) is 3.19. The molecule has 0 aromatic heterocycles. The Morgan fingerprint density at radius 3 is 2.44 bits per heavy atom. The van der Waals surface area contributed by atoms with Crippen molar-refractivity contribution >= 4 is 11.9 Å². The van der Waals surface area contributed by atoms with E-state index in [1.165, 1.54) is 6.08 Å². The number of carbonyl (C=O) groups is 2. The fourth-order valence-electron chi connectivity index (χ4n) is 0.991. The normalized spacial score (nSPS) is 11.3. The third-order valence-electron chi connectivity index (χ3n) is 1.82. The molecule has 1 unspecified atom stereocenters. The predicted octanol–water partition coefficient (Wildman–Crippen LogP) is 2.35. The lowest BCUT2D eigenvalue weighted by Gasteiger charge is -2.13. The molecule has 0 saturated carbocycles. The van der Waals surface area contributed by atoms with Crippen LogP contribution in [0.5, 0.6) is 0 Å². The van der Waals surface area contributed by atoms with Gasteiger partial charge in [0.2, 0.25) is 0 Å². The van der Waals surface area contributed by atoms with Gasteiger partial charge >= 0.3 is 11.9 Å². The molecule has 0 aromatic carbocycles. The summed E-state index contributed by atoms with van der Waals surface area (Å²) in [5, 5.41) is 0. The lowest BCUT2D eigenvalue weighted by Crippen LogP contribution is -2.21. The highest BCUT2D eigenvalue weighted by molar-refractivity contribution is 5.81. The van der Waals surface area contributed by atoms with Crippen molar-refractivity contribution < 1.29 is 19.1 Å². The van der Waals surface area contributed by atoms with Crippen molar-refractivity contribution in [2.45, 2.75) is 38.9 Å². The van der Waals surface area contributed by atoms with Crippen LogP contribution in [-0.4, -0.2) is 18.2 Å². The van der Waals surface area contributed by atoms with Crippen molar-refractivity contribution in [3.05, 3.63) is 25.3 Å². The monoisotopic (exact) mass is 226 g/mol. The summed E-state index contributed by atoms with van der Waals surface area (Å²) in [6.45, 7) is 8.69. The van der Waals surface area contributed by atoms with Gasteiger partial charge in [0.1, 0.15) is 0 Å². The first-order chi connectivity index (χ1) is 7.63. The van der Waals surface area contributed by atoms with Gasteiger partial charge in [0.25, 0.3) is 6.29 Å². The first-order valence-electron chi connectivity index (χ1n) is 5.29. The van der Waals surface area contributed by atoms with E-state index < -0.39 is 18.2 Å². The molecule has 0 N–H and O–H groups in total. The summed E-state index contributed by atoms with van der Waals surface area (Å²) in [5.74, 6) is -1.04. The van der Waals surface area contributed by atoms with Gasteiger partial charge in [0, 0.05) is 12.5 Å². The maximum Gasteiger partial charge on any atom is 0.333 e. The van der Waals surface area contributed by atoms with E-state index in [1.54, 1.807) is 0 Å². The van der Waals surface area contributed by atoms with Crippen LogP contribution in [0.3, 0.4) is 0 Å². The number of hydrogen-bond acceptors (Lipinski definition) is 4. The number of hydrogen-bond donors (Lipinski definition) is 0. The van der Waals surface area contributed by atoms with E-state index in [0.29, 0.717) is 6.42 Å². The maximum atomic E-state index is 11.3. The standard InChI is InChI=1S/C12H18O4/c1-4-7-8-9-11(14)16-12(6-3)15-10(13)5-2/h5-6,12H,2-4,7-9H2,1H3. The molecule has 0 radical (unpaired) electrons. The zero-order valence-corrected chi connectivity index (χ0v) is 9.61. The molecular formula is C12H18O4. The van der Waals surface area contributed by atoms with Gasteiger partial charge in [-0.3, -0.25) is 4.79 Å². The average molecular weight is 226 g/mol. The Kier molecular flexibility index (Phi) is 7.85. The minimum atomic E-state index is -1.03. The Morgan fingerprint density at radius 2 is 1.94 bits per heavy atom. The summed E-state index contributed by atoms with van der Waals surface area (Å²) in [6.07, 6.45) is 4.32. The van der Waals surface area contributed by atoms with E-state index in [2.05, 4.69) is 13.2 Å². The fourth-order valence-corrected chi connectivity index (χ4v) is 0.991. The van der Waals surface area contributed by atoms with E-state index in [0.717, 1.165) is 25.3 Å². The quantitative estimate of drug-likeness (QED) is 0.209. The number of rotatable bonds is 8. The van der Waals surface area contributed by atoms with Crippen molar-refractivity contribution in [2.24, 2.45) is 0 Å². The summed E-state index contributed by atoms with van der Waals surface area (Å²) in [5.41, 5.74) is 0. The molecule has 0 amide bonds. The highest BCUT2D eigenvalue weighted by atomic mass is 16.7. The van der Waals surface area contributed by atoms with Gasteiger partial charge in [-0.1, -0.05) is 32.9 Å². The molecular weight excluding hydrogens is 208 g/mol. The van der Waals surface area contributed by atoms with Crippen LogP contribution in [0.1, 0.15) is 32.6 Å². The van der Waals surface area contributed by atoms with Gasteiger partial charge in [0.05, 0.1) is 0 Å². The summed E-state index contributed by atoms with van der Waals surface area (Å²) in [6, 6.07) is 0. The van der Waals surface area contributed by atoms with Crippen molar-refractivity contribution in [1.29, 1.82) is 0 Å². The van der Waals surface area contributed by atoms with Crippen LogP contribution >= 0.6 is 0 Å². The van der Waals surface area contributed by atoms with Crippen LogP contribution < -0.4 is 0 Å². The summed E-state index contributed by atoms with van der Waals surface area (Å²) >= 11 is 0. The molecule has 4 heteroatoms. The number of esters is 2. The van der Waals surface area contributed by atoms with Crippen LogP contribution in [0.2, 0.25) is 0 Å². The van der Waals surface area contributed by atoms with E-state index >= 15 is 0 Å². The number of ether oxygens (including phenoxy) is 2. The third-order valence-corrected chi connectivity index (χ3v) is 1.82. The smallest absolute Gasteiger partial charge is 0.333 e. The van der Waals surface area contributed by atoms with Gasteiger partial charge < -0.3 is 9.47 Å². The van der Waals surface area contributed by atoms with E-state index in [-0.39, 0.29) is 0 Å². The van der Waals surface area contributed by atoms with Gasteiger partial charge in [-0.05, 0) is 12.5 Å². The molecule has 4 nitrogen and oxygen atoms in total. The topological polar surface area (TPSA) is 52.6 Å². The highest BCUT2D eigenvalue weighted by Gasteiger charge is 2.13. The Hall–Kier alpha value is -1.58. The molecule has 1 atom stereocenters. The molecule has 0 spiro atoms. The number of unbranched alkanes of at least 4 members (excludes halogenated alkanes) is 2. The summed E-state index contributed by atoms with van der Waals surface area (Å²) < 4.78 is 9.58. The number of carbonyl (C=O) groups excluding carboxylic acids is 2. The fraction of sp³-hybridized carbons (Fsp3) is 0.500. The highest BCUT2D eigenvalue weighted by Crippen LogP contribution is 2.04. The SMILES string of the molecule is C=CC(=O)OC(C=C)OC(=O)CCCCC. The van der Waals surface area contributed by atoms with Crippen molar-refractivity contribution in [2.75, 3.05) is 0 Å². The van der Waals surface area contributed by atoms with E-state index in [1.807, 2.05) is 6.92 Å². The molecule has 0 aromatic rings. The minimum absolute atomic E-state index is 0.323. The van der Waals surface area contributed by atoms with Crippen LogP contribution in [-0.2, 0) is 19.1 Å². The summed E-state index contributed by atoms with van der Waals surface area (Å²) in [4.78, 5) is 22.1. The van der Waals surface area contributed by atoms with Crippen LogP contribution in [0, 0.1) is 0 Å². The Labute approximate surface area is 95.9 Å². The predicted molar refractivity (Wildman–Crippen MR) is 60.5 cm³/mol. The lowest BCUT2D eigenvalue weighted by atomic mass is 10.2. The third kappa shape index (κ3) is 6.81. The second-order valence-corrected chi connectivity index (χ2v) is 3.19. The largest absolute Gasteiger partial charge is 0.421 e. The van der Waals surface area contributed by atoms with Crippen molar-refractivity contribution in [1.82, 2.24) is 0 Å². The molecule has 0 saturated heterocycles.